The van der Waals surface area contributed by atoms with Gasteiger partial charge in [0.1, 0.15) is 16.4 Å². The maximum absolute atomic E-state index is 12.5. The largest absolute Gasteiger partial charge is 0.464 e. The maximum atomic E-state index is 12.5. The minimum absolute atomic E-state index is 0.0593. The molecule has 0 aromatic carbocycles. The minimum Gasteiger partial charge on any atom is -0.464 e. The molecule has 1 aliphatic carbocycles. The average molecular weight is 314 g/mol. The highest BCUT2D eigenvalue weighted by Gasteiger charge is 2.25. The molecule has 0 radical (unpaired) electrons. The van der Waals surface area contributed by atoms with Crippen molar-refractivity contribution in [1.82, 2.24) is 10.0 Å². The van der Waals surface area contributed by atoms with Crippen molar-refractivity contribution in [2.45, 2.75) is 69.9 Å². The van der Waals surface area contributed by atoms with E-state index in [-0.39, 0.29) is 10.9 Å². The lowest BCUT2D eigenvalue weighted by molar-refractivity contribution is 0.459. The molecule has 0 saturated heterocycles. The Bertz CT molecular complexity index is 543. The van der Waals surface area contributed by atoms with Gasteiger partial charge < -0.3 is 9.73 Å². The van der Waals surface area contributed by atoms with Gasteiger partial charge in [0.2, 0.25) is 10.0 Å². The van der Waals surface area contributed by atoms with Crippen LogP contribution in [0.3, 0.4) is 0 Å². The second-order valence-electron chi connectivity index (χ2n) is 5.72. The fraction of sp³-hybridized carbons (Fsp3) is 0.733. The Morgan fingerprint density at radius 1 is 1.24 bits per heavy atom. The summed E-state index contributed by atoms with van der Waals surface area (Å²) in [6.07, 6.45) is 6.47. The predicted molar refractivity (Wildman–Crippen MR) is 82.6 cm³/mol. The van der Waals surface area contributed by atoms with Gasteiger partial charge in [0.25, 0.3) is 0 Å². The van der Waals surface area contributed by atoms with E-state index in [1.807, 2.05) is 6.92 Å². The van der Waals surface area contributed by atoms with E-state index in [2.05, 4.69) is 10.0 Å². The monoisotopic (exact) mass is 314 g/mol. The fourth-order valence-electron chi connectivity index (χ4n) is 2.81. The van der Waals surface area contributed by atoms with Crippen molar-refractivity contribution >= 4 is 10.0 Å². The quantitative estimate of drug-likeness (QED) is 0.792. The molecular weight excluding hydrogens is 288 g/mol. The summed E-state index contributed by atoms with van der Waals surface area (Å²) in [4.78, 5) is 0.277. The van der Waals surface area contributed by atoms with Crippen molar-refractivity contribution in [1.29, 1.82) is 0 Å². The highest BCUT2D eigenvalue weighted by molar-refractivity contribution is 7.89. The zero-order valence-electron chi connectivity index (χ0n) is 12.9. The van der Waals surface area contributed by atoms with Gasteiger partial charge in [0.05, 0.1) is 6.54 Å². The molecule has 5 nitrogen and oxygen atoms in total. The van der Waals surface area contributed by atoms with Crippen LogP contribution >= 0.6 is 0 Å². The first-order valence-electron chi connectivity index (χ1n) is 7.85. The molecule has 0 spiro atoms. The Hall–Kier alpha value is -0.850. The SMILES string of the molecule is CCNCc1cc(S(=O)(=O)NC2CCCCCC2)c(C)o1. The molecule has 1 fully saturated rings. The van der Waals surface area contributed by atoms with E-state index in [0.29, 0.717) is 18.1 Å². The number of rotatable bonds is 6. The van der Waals surface area contributed by atoms with Crippen LogP contribution in [0.15, 0.2) is 15.4 Å². The molecule has 0 aliphatic heterocycles. The summed E-state index contributed by atoms with van der Waals surface area (Å²) >= 11 is 0. The van der Waals surface area contributed by atoms with Gasteiger partial charge in [-0.2, -0.15) is 0 Å². The molecule has 0 atom stereocenters. The normalized spacial score (nSPS) is 17.8. The number of aryl methyl sites for hydroxylation is 1. The highest BCUT2D eigenvalue weighted by atomic mass is 32.2. The van der Waals surface area contributed by atoms with E-state index in [0.717, 1.165) is 32.2 Å². The second kappa shape index (κ2) is 7.42. The van der Waals surface area contributed by atoms with Crippen molar-refractivity contribution in [2.24, 2.45) is 0 Å². The third-order valence-electron chi connectivity index (χ3n) is 3.94. The number of sulfonamides is 1. The molecule has 0 amide bonds. The van der Waals surface area contributed by atoms with Crippen LogP contribution in [-0.4, -0.2) is 21.0 Å². The van der Waals surface area contributed by atoms with Crippen LogP contribution in [0.4, 0.5) is 0 Å². The van der Waals surface area contributed by atoms with Crippen molar-refractivity contribution in [3.8, 4) is 0 Å². The first kappa shape index (κ1) is 16.5. The van der Waals surface area contributed by atoms with Gasteiger partial charge in [-0.15, -0.1) is 0 Å². The molecule has 120 valence electrons. The summed E-state index contributed by atoms with van der Waals surface area (Å²) in [5, 5.41) is 3.14. The van der Waals surface area contributed by atoms with Crippen molar-refractivity contribution in [2.75, 3.05) is 6.54 Å². The fourth-order valence-corrected chi connectivity index (χ4v) is 4.31. The van der Waals surface area contributed by atoms with Gasteiger partial charge in [-0.25, -0.2) is 13.1 Å². The molecule has 1 aromatic heterocycles. The zero-order chi connectivity index (χ0) is 15.3. The number of furan rings is 1. The van der Waals surface area contributed by atoms with E-state index >= 15 is 0 Å². The topological polar surface area (TPSA) is 71.3 Å². The molecule has 0 bridgehead atoms. The first-order chi connectivity index (χ1) is 10.0. The Morgan fingerprint density at radius 2 is 1.90 bits per heavy atom. The third kappa shape index (κ3) is 4.56. The number of hydrogen-bond acceptors (Lipinski definition) is 4. The van der Waals surface area contributed by atoms with Crippen molar-refractivity contribution < 1.29 is 12.8 Å². The van der Waals surface area contributed by atoms with Gasteiger partial charge in [-0.05, 0) is 26.3 Å². The number of hydrogen-bond donors (Lipinski definition) is 2. The molecule has 0 unspecified atom stereocenters. The molecule has 2 rings (SSSR count). The predicted octanol–water partition coefficient (Wildman–Crippen LogP) is 2.70. The van der Waals surface area contributed by atoms with Crippen molar-refractivity contribution in [3.05, 3.63) is 17.6 Å². The second-order valence-corrected chi connectivity index (χ2v) is 7.41. The van der Waals surface area contributed by atoms with Gasteiger partial charge in [-0.3, -0.25) is 0 Å². The van der Waals surface area contributed by atoms with E-state index in [9.17, 15) is 8.42 Å². The standard InChI is InChI=1S/C15H26N2O3S/c1-3-16-11-14-10-15(12(2)20-14)21(18,19)17-13-8-6-4-5-7-9-13/h10,13,16-17H,3-9,11H2,1-2H3. The van der Waals surface area contributed by atoms with Crippen LogP contribution in [-0.2, 0) is 16.6 Å². The highest BCUT2D eigenvalue weighted by Crippen LogP contribution is 2.23. The van der Waals surface area contributed by atoms with E-state index in [1.54, 1.807) is 13.0 Å². The summed E-state index contributed by atoms with van der Waals surface area (Å²) < 4.78 is 33.4. The minimum atomic E-state index is -3.48. The van der Waals surface area contributed by atoms with Gasteiger partial charge in [0.15, 0.2) is 0 Å². The molecule has 1 aliphatic rings. The molecular formula is C15H26N2O3S. The Balaban J connectivity index is 2.09. The molecule has 1 heterocycles. The Labute approximate surface area is 127 Å². The summed E-state index contributed by atoms with van der Waals surface area (Å²) in [6.45, 7) is 5.08. The molecule has 21 heavy (non-hydrogen) atoms. The Kier molecular flexibility index (Phi) is 5.84. The summed E-state index contributed by atoms with van der Waals surface area (Å²) in [5.74, 6) is 1.12. The van der Waals surface area contributed by atoms with Gasteiger partial charge in [0, 0.05) is 12.1 Å². The zero-order valence-corrected chi connectivity index (χ0v) is 13.8. The number of nitrogens with one attached hydrogen (secondary N) is 2. The van der Waals surface area contributed by atoms with Gasteiger partial charge in [-0.1, -0.05) is 32.6 Å². The lowest BCUT2D eigenvalue weighted by Crippen LogP contribution is -2.34. The van der Waals surface area contributed by atoms with E-state index in [1.165, 1.54) is 12.8 Å². The molecule has 2 N–H and O–H groups in total. The van der Waals surface area contributed by atoms with Crippen LogP contribution in [0.1, 0.15) is 57.0 Å². The van der Waals surface area contributed by atoms with Crippen molar-refractivity contribution in [3.63, 3.8) is 0 Å². The van der Waals surface area contributed by atoms with Crippen LogP contribution in [0.25, 0.3) is 0 Å². The summed E-state index contributed by atoms with van der Waals surface area (Å²) in [7, 11) is -3.48. The van der Waals surface area contributed by atoms with E-state index < -0.39 is 10.0 Å². The first-order valence-corrected chi connectivity index (χ1v) is 9.33. The van der Waals surface area contributed by atoms with Crippen LogP contribution in [0, 0.1) is 6.92 Å². The lowest BCUT2D eigenvalue weighted by atomic mass is 10.1. The smallest absolute Gasteiger partial charge is 0.244 e. The molecule has 1 saturated carbocycles. The summed E-state index contributed by atoms with van der Waals surface area (Å²) in [5.41, 5.74) is 0. The van der Waals surface area contributed by atoms with Crippen LogP contribution in [0.2, 0.25) is 0 Å². The van der Waals surface area contributed by atoms with Crippen LogP contribution in [0.5, 0.6) is 0 Å². The maximum Gasteiger partial charge on any atom is 0.244 e. The lowest BCUT2D eigenvalue weighted by Gasteiger charge is -2.15. The third-order valence-corrected chi connectivity index (χ3v) is 5.57. The molecule has 6 heteroatoms. The van der Waals surface area contributed by atoms with Crippen LogP contribution < -0.4 is 10.0 Å². The molecule has 1 aromatic rings. The Morgan fingerprint density at radius 3 is 2.52 bits per heavy atom. The average Bonchev–Trinajstić information content (AvgIpc) is 2.64. The summed E-state index contributed by atoms with van der Waals surface area (Å²) in [6, 6.07) is 1.70. The van der Waals surface area contributed by atoms with E-state index in [4.69, 9.17) is 4.42 Å². The van der Waals surface area contributed by atoms with Gasteiger partial charge >= 0.3 is 0 Å².